The van der Waals surface area contributed by atoms with Gasteiger partial charge in [0.05, 0.1) is 17.0 Å². The molecule has 27 heavy (non-hydrogen) atoms. The lowest BCUT2D eigenvalue weighted by atomic mass is 10.0. The van der Waals surface area contributed by atoms with Crippen LogP contribution in [-0.4, -0.2) is 15.8 Å². The van der Waals surface area contributed by atoms with Gasteiger partial charge in [-0.3, -0.25) is 4.79 Å². The Kier molecular flexibility index (Phi) is 4.93. The van der Waals surface area contributed by atoms with Crippen molar-refractivity contribution in [2.75, 3.05) is 5.32 Å². The van der Waals surface area contributed by atoms with E-state index in [-0.39, 0.29) is 28.0 Å². The van der Waals surface area contributed by atoms with Gasteiger partial charge >= 0.3 is 5.63 Å². The molecule has 0 aliphatic rings. The van der Waals surface area contributed by atoms with Crippen molar-refractivity contribution in [1.29, 1.82) is 0 Å². The van der Waals surface area contributed by atoms with E-state index in [9.17, 15) is 22.8 Å². The summed E-state index contributed by atoms with van der Waals surface area (Å²) in [6, 6.07) is 4.27. The van der Waals surface area contributed by atoms with E-state index in [2.05, 4.69) is 15.3 Å². The van der Waals surface area contributed by atoms with E-state index in [1.807, 2.05) is 0 Å². The van der Waals surface area contributed by atoms with Gasteiger partial charge in [-0.15, -0.1) is 0 Å². The van der Waals surface area contributed by atoms with Gasteiger partial charge < -0.3 is 9.73 Å². The first-order valence-corrected chi connectivity index (χ1v) is 7.92. The predicted molar refractivity (Wildman–Crippen MR) is 91.5 cm³/mol. The minimum Gasteiger partial charge on any atom is -0.403 e. The zero-order chi connectivity index (χ0) is 19.7. The number of carbonyl (C=O) groups excluding carboxylic acids is 1. The van der Waals surface area contributed by atoms with Crippen LogP contribution in [0.1, 0.15) is 47.8 Å². The summed E-state index contributed by atoms with van der Waals surface area (Å²) in [4.78, 5) is 31.2. The first kappa shape index (κ1) is 18.6. The Bertz CT molecular complexity index is 1080. The summed E-state index contributed by atoms with van der Waals surface area (Å²) in [7, 11) is 0. The summed E-state index contributed by atoms with van der Waals surface area (Å²) in [6.07, 6.45) is -1.82. The fourth-order valence-corrected chi connectivity index (χ4v) is 2.65. The molecule has 0 fully saturated rings. The first-order valence-electron chi connectivity index (χ1n) is 7.92. The molecule has 3 rings (SSSR count). The molecule has 2 aromatic heterocycles. The van der Waals surface area contributed by atoms with Crippen molar-refractivity contribution < 1.29 is 22.4 Å². The number of nitrogens with one attached hydrogen (secondary N) is 1. The number of halogens is 3. The van der Waals surface area contributed by atoms with Gasteiger partial charge in [-0.25, -0.2) is 27.9 Å². The van der Waals surface area contributed by atoms with Crippen LogP contribution in [0.3, 0.4) is 0 Å². The number of alkyl halides is 2. The highest BCUT2D eigenvalue weighted by Crippen LogP contribution is 2.30. The summed E-state index contributed by atoms with van der Waals surface area (Å²) >= 11 is 0. The quantitative estimate of drug-likeness (QED) is 0.676. The van der Waals surface area contributed by atoms with Crippen molar-refractivity contribution in [3.8, 4) is 0 Å². The Morgan fingerprint density at radius 3 is 2.59 bits per heavy atom. The molecule has 1 N–H and O–H groups in total. The van der Waals surface area contributed by atoms with Crippen molar-refractivity contribution in [1.82, 2.24) is 9.97 Å². The van der Waals surface area contributed by atoms with Crippen LogP contribution in [0.25, 0.3) is 11.1 Å². The molecule has 0 radical (unpaired) electrons. The van der Waals surface area contributed by atoms with Crippen molar-refractivity contribution in [2.24, 2.45) is 0 Å². The zero-order valence-electron chi connectivity index (χ0n) is 14.3. The Hall–Kier alpha value is -3.23. The van der Waals surface area contributed by atoms with Gasteiger partial charge in [-0.1, -0.05) is 18.2 Å². The highest BCUT2D eigenvalue weighted by Gasteiger charge is 2.21. The van der Waals surface area contributed by atoms with Crippen LogP contribution in [0.4, 0.5) is 19.0 Å². The van der Waals surface area contributed by atoms with Gasteiger partial charge in [0.15, 0.2) is 5.78 Å². The molecule has 0 spiro atoms. The third-order valence-electron chi connectivity index (χ3n) is 4.04. The largest absolute Gasteiger partial charge is 0.403 e. The highest BCUT2D eigenvalue weighted by molar-refractivity contribution is 5.98. The van der Waals surface area contributed by atoms with Gasteiger partial charge in [0.1, 0.15) is 23.5 Å². The van der Waals surface area contributed by atoms with Gasteiger partial charge in [-0.05, 0) is 19.9 Å². The fourth-order valence-electron chi connectivity index (χ4n) is 2.65. The van der Waals surface area contributed by atoms with Crippen molar-refractivity contribution in [3.05, 3.63) is 63.5 Å². The number of Topliss-reactive ketones (excluding diaryl/α,β-unsaturated/α-hetero) is 1. The molecule has 0 unspecified atom stereocenters. The summed E-state index contributed by atoms with van der Waals surface area (Å²) in [5.74, 6) is -1.34. The topological polar surface area (TPSA) is 85.1 Å². The Balaban J connectivity index is 2.04. The van der Waals surface area contributed by atoms with Crippen LogP contribution < -0.4 is 10.9 Å². The number of benzene rings is 1. The van der Waals surface area contributed by atoms with E-state index >= 15 is 0 Å². The monoisotopic (exact) mass is 377 g/mol. The predicted octanol–water partition coefficient (Wildman–Crippen LogP) is 4.04. The van der Waals surface area contributed by atoms with Crippen LogP contribution in [-0.2, 0) is 0 Å². The molecule has 1 aromatic carbocycles. The lowest BCUT2D eigenvalue weighted by molar-refractivity contribution is 0.101. The molecule has 0 saturated carbocycles. The third kappa shape index (κ3) is 3.53. The van der Waals surface area contributed by atoms with Crippen LogP contribution >= 0.6 is 0 Å². The third-order valence-corrected chi connectivity index (χ3v) is 4.04. The number of carbonyl (C=O) groups is 1. The van der Waals surface area contributed by atoms with Crippen molar-refractivity contribution in [2.45, 2.75) is 26.3 Å². The van der Waals surface area contributed by atoms with E-state index in [1.165, 1.54) is 25.1 Å². The normalized spacial score (nSPS) is 12.4. The zero-order valence-corrected chi connectivity index (χ0v) is 14.3. The molecule has 0 aliphatic carbocycles. The maximum atomic E-state index is 14.4. The molecule has 6 nitrogen and oxygen atoms in total. The van der Waals surface area contributed by atoms with Crippen LogP contribution in [0.15, 0.2) is 39.8 Å². The number of fused-ring (bicyclic) bond motifs is 1. The second-order valence-electron chi connectivity index (χ2n) is 5.86. The number of hydrogen-bond acceptors (Lipinski definition) is 6. The highest BCUT2D eigenvalue weighted by atomic mass is 19.3. The minimum absolute atomic E-state index is 0.0173. The van der Waals surface area contributed by atoms with E-state index < -0.39 is 35.3 Å². The molecule has 1 atom stereocenters. The Morgan fingerprint density at radius 2 is 1.93 bits per heavy atom. The fraction of sp³-hybridized carbons (Fsp3) is 0.222. The smallest absolute Gasteiger partial charge is 0.348 e. The van der Waals surface area contributed by atoms with Gasteiger partial charge in [0, 0.05) is 5.56 Å². The molecule has 0 bridgehead atoms. The van der Waals surface area contributed by atoms with Crippen LogP contribution in [0, 0.1) is 5.82 Å². The number of rotatable bonds is 5. The number of aromatic nitrogens is 2. The molecule has 9 heteroatoms. The number of ketones is 1. The molecule has 0 saturated heterocycles. The molecule has 2 heterocycles. The summed E-state index contributed by atoms with van der Waals surface area (Å²) in [5, 5.41) is 3.12. The second kappa shape index (κ2) is 7.18. The van der Waals surface area contributed by atoms with Gasteiger partial charge in [0.2, 0.25) is 5.71 Å². The van der Waals surface area contributed by atoms with E-state index in [4.69, 9.17) is 4.42 Å². The SMILES string of the molecule is CC(=O)c1cc2c(N[C@H](C)c3cccc(C(F)F)c3F)ncnc2oc1=O. The van der Waals surface area contributed by atoms with E-state index in [0.29, 0.717) is 0 Å². The molecule has 0 amide bonds. The van der Waals surface area contributed by atoms with Gasteiger partial charge in [-0.2, -0.15) is 0 Å². The Labute approximate surface area is 151 Å². The van der Waals surface area contributed by atoms with E-state index in [1.54, 1.807) is 6.92 Å². The maximum absolute atomic E-state index is 14.4. The molecular formula is C18H14F3N3O3. The number of nitrogens with zero attached hydrogens (tertiary/aromatic N) is 2. The van der Waals surface area contributed by atoms with Crippen molar-refractivity contribution in [3.63, 3.8) is 0 Å². The second-order valence-corrected chi connectivity index (χ2v) is 5.86. The average molecular weight is 377 g/mol. The molecule has 0 aliphatic heterocycles. The summed E-state index contributed by atoms with van der Waals surface area (Å²) in [6.45, 7) is 2.77. The van der Waals surface area contributed by atoms with Gasteiger partial charge in [0.25, 0.3) is 6.43 Å². The summed E-state index contributed by atoms with van der Waals surface area (Å²) in [5.41, 5.74) is -1.75. The van der Waals surface area contributed by atoms with Crippen LogP contribution in [0.2, 0.25) is 0 Å². The van der Waals surface area contributed by atoms with Crippen molar-refractivity contribution >= 4 is 22.7 Å². The molecule has 3 aromatic rings. The van der Waals surface area contributed by atoms with E-state index in [0.717, 1.165) is 12.4 Å². The maximum Gasteiger partial charge on any atom is 0.348 e. The molecular weight excluding hydrogens is 363 g/mol. The number of hydrogen-bond donors (Lipinski definition) is 1. The lowest BCUT2D eigenvalue weighted by Gasteiger charge is -2.18. The molecule has 140 valence electrons. The average Bonchev–Trinajstić information content (AvgIpc) is 2.60. The first-order chi connectivity index (χ1) is 12.8. The Morgan fingerprint density at radius 1 is 1.22 bits per heavy atom. The summed E-state index contributed by atoms with van der Waals surface area (Å²) < 4.78 is 45.2. The number of anilines is 1. The van der Waals surface area contributed by atoms with Crippen LogP contribution in [0.5, 0.6) is 0 Å². The standard InChI is InChI=1S/C18H14F3N3O3/c1-8(10-4-3-5-11(14(10)19)15(20)21)24-16-13-6-12(9(2)25)18(26)27-17(13)23-7-22-16/h3-8,15H,1-2H3,(H,22,23,24)/t8-/m1/s1. The minimum atomic E-state index is -2.94. The lowest BCUT2D eigenvalue weighted by Crippen LogP contribution is -2.14.